The molecule has 3 heteroatoms. The van der Waals surface area contributed by atoms with Crippen LogP contribution in [-0.4, -0.2) is 4.57 Å². The van der Waals surface area contributed by atoms with Gasteiger partial charge in [0, 0.05) is 44.0 Å². The highest BCUT2D eigenvalue weighted by atomic mass is 16.3. The fourth-order valence-electron chi connectivity index (χ4n) is 10.2. The van der Waals surface area contributed by atoms with Gasteiger partial charge in [-0.15, -0.1) is 0 Å². The monoisotopic (exact) mass is 854 g/mol. The van der Waals surface area contributed by atoms with Gasteiger partial charge < -0.3 is 13.9 Å². The smallest absolute Gasteiger partial charge is 0.136 e. The molecule has 0 aliphatic carbocycles. The fourth-order valence-corrected chi connectivity index (χ4v) is 10.2. The van der Waals surface area contributed by atoms with Gasteiger partial charge in [-0.2, -0.15) is 0 Å². The Morgan fingerprint density at radius 3 is 1.54 bits per heavy atom. The highest BCUT2D eigenvalue weighted by Gasteiger charge is 2.20. The van der Waals surface area contributed by atoms with Crippen molar-refractivity contribution in [2.75, 3.05) is 4.90 Å². The van der Waals surface area contributed by atoms with Crippen LogP contribution >= 0.6 is 0 Å². The molecule has 2 aromatic heterocycles. The van der Waals surface area contributed by atoms with Gasteiger partial charge in [-0.3, -0.25) is 0 Å². The van der Waals surface area contributed by atoms with E-state index in [9.17, 15) is 0 Å². The summed E-state index contributed by atoms with van der Waals surface area (Å²) >= 11 is 0. The zero-order chi connectivity index (χ0) is 44.3. The van der Waals surface area contributed by atoms with Crippen LogP contribution in [0.1, 0.15) is 0 Å². The van der Waals surface area contributed by atoms with Gasteiger partial charge in [0.15, 0.2) is 0 Å². The number of hydrogen-bond donors (Lipinski definition) is 0. The maximum absolute atomic E-state index is 6.46. The molecule has 0 atom stereocenters. The van der Waals surface area contributed by atoms with Crippen molar-refractivity contribution < 1.29 is 4.42 Å². The SMILES string of the molecule is c1ccc(-c2cccc(-c3ccc(N(c4ccc(-c5ccccc5-n5c6ccccc6c6ccccc65)cc4)c4ccccc4-c4ccc5oc6cc7ccccc7cc6c5c4)cc3)c2)cc1. The van der Waals surface area contributed by atoms with Crippen LogP contribution in [0.25, 0.3) is 105 Å². The first-order chi connectivity index (χ1) is 33.2. The Balaban J connectivity index is 0.942. The van der Waals surface area contributed by atoms with Crippen molar-refractivity contribution in [3.8, 4) is 50.2 Å². The van der Waals surface area contributed by atoms with Crippen LogP contribution in [0.3, 0.4) is 0 Å². The maximum Gasteiger partial charge on any atom is 0.136 e. The van der Waals surface area contributed by atoms with Gasteiger partial charge in [0.2, 0.25) is 0 Å². The Bertz CT molecular complexity index is 3920. The molecule has 0 N–H and O–H groups in total. The van der Waals surface area contributed by atoms with Gasteiger partial charge in [-0.1, -0.05) is 176 Å². The molecule has 3 nitrogen and oxygen atoms in total. The molecule has 13 aromatic rings. The molecule has 67 heavy (non-hydrogen) atoms. The number of rotatable bonds is 8. The molecule has 0 radical (unpaired) electrons. The van der Waals surface area contributed by atoms with E-state index in [0.29, 0.717) is 0 Å². The Morgan fingerprint density at radius 2 is 0.821 bits per heavy atom. The number of nitrogens with zero attached hydrogens (tertiary/aromatic N) is 2. The second-order valence-electron chi connectivity index (χ2n) is 17.3. The van der Waals surface area contributed by atoms with E-state index < -0.39 is 0 Å². The maximum atomic E-state index is 6.46. The van der Waals surface area contributed by atoms with E-state index in [4.69, 9.17) is 4.42 Å². The quantitative estimate of drug-likeness (QED) is 0.152. The normalized spacial score (nSPS) is 11.6. The molecule has 0 spiro atoms. The van der Waals surface area contributed by atoms with E-state index in [1.165, 1.54) is 54.8 Å². The summed E-state index contributed by atoms with van der Waals surface area (Å²) in [6.45, 7) is 0. The second kappa shape index (κ2) is 16.0. The predicted molar refractivity (Wildman–Crippen MR) is 282 cm³/mol. The van der Waals surface area contributed by atoms with Gasteiger partial charge in [0.1, 0.15) is 11.2 Å². The molecule has 0 saturated carbocycles. The van der Waals surface area contributed by atoms with Crippen molar-refractivity contribution in [2.24, 2.45) is 0 Å². The van der Waals surface area contributed by atoms with Gasteiger partial charge >= 0.3 is 0 Å². The third-order valence-corrected chi connectivity index (χ3v) is 13.4. The second-order valence-corrected chi connectivity index (χ2v) is 17.3. The van der Waals surface area contributed by atoms with Crippen LogP contribution in [0.4, 0.5) is 17.1 Å². The average molecular weight is 855 g/mol. The summed E-state index contributed by atoms with van der Waals surface area (Å²) in [6.07, 6.45) is 0. The van der Waals surface area contributed by atoms with Crippen LogP contribution in [0, 0.1) is 0 Å². The van der Waals surface area contributed by atoms with Crippen molar-refractivity contribution in [3.63, 3.8) is 0 Å². The number of hydrogen-bond acceptors (Lipinski definition) is 2. The molecular weight excluding hydrogens is 813 g/mol. The summed E-state index contributed by atoms with van der Waals surface area (Å²) < 4.78 is 8.87. The van der Waals surface area contributed by atoms with E-state index >= 15 is 0 Å². The third kappa shape index (κ3) is 6.67. The summed E-state index contributed by atoms with van der Waals surface area (Å²) in [4.78, 5) is 2.40. The summed E-state index contributed by atoms with van der Waals surface area (Å²) in [5.74, 6) is 0. The first-order valence-corrected chi connectivity index (χ1v) is 22.9. The van der Waals surface area contributed by atoms with Crippen LogP contribution < -0.4 is 4.90 Å². The first kappa shape index (κ1) is 38.5. The summed E-state index contributed by atoms with van der Waals surface area (Å²) in [5.41, 5.74) is 17.8. The highest BCUT2D eigenvalue weighted by molar-refractivity contribution is 6.12. The fraction of sp³-hybridized carbons (Fsp3) is 0. The highest BCUT2D eigenvalue weighted by Crippen LogP contribution is 2.44. The van der Waals surface area contributed by atoms with Crippen LogP contribution in [0.2, 0.25) is 0 Å². The predicted octanol–water partition coefficient (Wildman–Crippen LogP) is 18.0. The average Bonchev–Trinajstić information content (AvgIpc) is 3.93. The first-order valence-electron chi connectivity index (χ1n) is 22.9. The number of aromatic nitrogens is 1. The van der Waals surface area contributed by atoms with Crippen LogP contribution in [-0.2, 0) is 0 Å². The number of fused-ring (bicyclic) bond motifs is 7. The Morgan fingerprint density at radius 1 is 0.299 bits per heavy atom. The van der Waals surface area contributed by atoms with Gasteiger partial charge in [-0.25, -0.2) is 0 Å². The molecule has 0 saturated heterocycles. The molecule has 11 aromatic carbocycles. The summed E-state index contributed by atoms with van der Waals surface area (Å²) in [7, 11) is 0. The zero-order valence-corrected chi connectivity index (χ0v) is 36.6. The number of anilines is 3. The summed E-state index contributed by atoms with van der Waals surface area (Å²) in [6, 6.07) is 92.0. The van der Waals surface area contributed by atoms with E-state index in [2.05, 4.69) is 264 Å². The molecule has 0 bridgehead atoms. The molecular formula is C64H42N2O. The Kier molecular flexibility index (Phi) is 9.17. The zero-order valence-electron chi connectivity index (χ0n) is 36.6. The van der Waals surface area contributed by atoms with Crippen molar-refractivity contribution in [2.45, 2.75) is 0 Å². The molecule has 2 heterocycles. The van der Waals surface area contributed by atoms with E-state index in [1.54, 1.807) is 0 Å². The molecule has 0 amide bonds. The molecule has 0 unspecified atom stereocenters. The molecule has 0 aliphatic heterocycles. The molecule has 13 rings (SSSR count). The minimum absolute atomic E-state index is 0.882. The van der Waals surface area contributed by atoms with Crippen LogP contribution in [0.15, 0.2) is 259 Å². The van der Waals surface area contributed by atoms with Gasteiger partial charge in [-0.05, 0) is 123 Å². The lowest BCUT2D eigenvalue weighted by atomic mass is 9.97. The van der Waals surface area contributed by atoms with Gasteiger partial charge in [0.05, 0.1) is 22.4 Å². The molecule has 0 aliphatic rings. The minimum Gasteiger partial charge on any atom is -0.456 e. The van der Waals surface area contributed by atoms with Crippen molar-refractivity contribution in [1.29, 1.82) is 0 Å². The number of furan rings is 1. The number of para-hydroxylation sites is 4. The minimum atomic E-state index is 0.882. The molecule has 314 valence electrons. The lowest BCUT2D eigenvalue weighted by Crippen LogP contribution is -2.11. The van der Waals surface area contributed by atoms with Crippen molar-refractivity contribution in [1.82, 2.24) is 4.57 Å². The van der Waals surface area contributed by atoms with E-state index in [0.717, 1.165) is 66.9 Å². The molecule has 0 fully saturated rings. The Hall–Kier alpha value is -8.92. The number of benzene rings is 11. The third-order valence-electron chi connectivity index (χ3n) is 13.4. The van der Waals surface area contributed by atoms with Crippen molar-refractivity contribution >= 4 is 71.6 Å². The van der Waals surface area contributed by atoms with E-state index in [1.807, 2.05) is 0 Å². The van der Waals surface area contributed by atoms with E-state index in [-0.39, 0.29) is 0 Å². The summed E-state index contributed by atoms with van der Waals surface area (Å²) in [5, 5.41) is 7.10. The topological polar surface area (TPSA) is 21.3 Å². The lowest BCUT2D eigenvalue weighted by Gasteiger charge is -2.28. The lowest BCUT2D eigenvalue weighted by molar-refractivity contribution is 0.669. The Labute approximate surface area is 388 Å². The van der Waals surface area contributed by atoms with Crippen LogP contribution in [0.5, 0.6) is 0 Å². The van der Waals surface area contributed by atoms with Gasteiger partial charge in [0.25, 0.3) is 0 Å². The largest absolute Gasteiger partial charge is 0.456 e. The standard InChI is InChI=1S/C64H42N2O/c1-2-15-43(16-3-1)46-19-14-20-47(39-46)44-29-34-51(35-30-44)65(59-25-10-7-22-54(59)50-33-38-63-57(41-50)58-40-48-17-4-5-18-49(48)42-64(58)67-63)52-36-31-45(32-37-52)53-21-6-11-26-60(53)66-61-27-12-8-23-55(61)56-24-9-13-28-62(56)66/h1-42H. The van der Waals surface area contributed by atoms with Crippen molar-refractivity contribution in [3.05, 3.63) is 255 Å².